The topological polar surface area (TPSA) is 27.7 Å². The summed E-state index contributed by atoms with van der Waals surface area (Å²) in [4.78, 5) is 0. The van der Waals surface area contributed by atoms with Crippen LogP contribution >= 0.6 is 0 Å². The van der Waals surface area contributed by atoms with Crippen LogP contribution in [0.4, 0.5) is 0 Å². The van der Waals surface area contributed by atoms with Crippen LogP contribution in [0.3, 0.4) is 0 Å². The van der Waals surface area contributed by atoms with Crippen LogP contribution in [0.2, 0.25) is 0 Å². The zero-order chi connectivity index (χ0) is 15.5. The third kappa shape index (κ3) is 5.51. The first-order valence-corrected chi connectivity index (χ1v) is 7.58. The molecule has 0 atom stereocenters. The largest absolute Gasteiger partial charge is 0.496 e. The molecule has 1 aliphatic heterocycles. The molecule has 0 aliphatic carbocycles. The summed E-state index contributed by atoms with van der Waals surface area (Å²) in [6, 6.07) is 6.04. The van der Waals surface area contributed by atoms with Gasteiger partial charge in [0.2, 0.25) is 0 Å². The highest BCUT2D eigenvalue weighted by molar-refractivity contribution is 5.37. The van der Waals surface area contributed by atoms with Crippen molar-refractivity contribution in [3.8, 4) is 5.75 Å². The number of rotatable bonds is 2. The van der Waals surface area contributed by atoms with Crippen LogP contribution in [-0.4, -0.2) is 20.3 Å². The molecule has 0 bridgehead atoms. The minimum Gasteiger partial charge on any atom is -0.496 e. The molecule has 1 saturated heterocycles. The van der Waals surface area contributed by atoms with Crippen molar-refractivity contribution >= 4 is 0 Å². The van der Waals surface area contributed by atoms with E-state index in [0.717, 1.165) is 30.1 Å². The maximum atomic E-state index is 5.64. The Morgan fingerprint density at radius 3 is 2.10 bits per heavy atom. The molecule has 3 heteroatoms. The van der Waals surface area contributed by atoms with E-state index in [1.165, 1.54) is 0 Å². The predicted molar refractivity (Wildman–Crippen MR) is 84.2 cm³/mol. The van der Waals surface area contributed by atoms with Gasteiger partial charge in [0.15, 0.2) is 6.29 Å². The third-order valence-electron chi connectivity index (χ3n) is 2.77. The molecule has 1 aromatic rings. The van der Waals surface area contributed by atoms with Gasteiger partial charge in [-0.1, -0.05) is 46.8 Å². The van der Waals surface area contributed by atoms with Crippen molar-refractivity contribution in [2.24, 2.45) is 5.92 Å². The number of hydrogen-bond donors (Lipinski definition) is 0. The Morgan fingerprint density at radius 2 is 1.60 bits per heavy atom. The Hall–Kier alpha value is -1.06. The van der Waals surface area contributed by atoms with Crippen LogP contribution < -0.4 is 4.74 Å². The van der Waals surface area contributed by atoms with Crippen LogP contribution in [0.1, 0.15) is 52.0 Å². The number of benzene rings is 1. The van der Waals surface area contributed by atoms with Gasteiger partial charge in [-0.25, -0.2) is 0 Å². The monoisotopic (exact) mass is 282 g/mol. The zero-order valence-electron chi connectivity index (χ0n) is 14.0. The molecule has 0 unspecified atom stereocenters. The summed E-state index contributed by atoms with van der Waals surface area (Å²) in [6.07, 6.45) is -0.245. The van der Waals surface area contributed by atoms with E-state index < -0.39 is 0 Å². The Morgan fingerprint density at radius 1 is 1.05 bits per heavy atom. The molecule has 20 heavy (non-hydrogen) atoms. The van der Waals surface area contributed by atoms with Crippen molar-refractivity contribution in [1.82, 2.24) is 0 Å². The Labute approximate surface area is 124 Å². The molecular weight excluding hydrogens is 252 g/mol. The van der Waals surface area contributed by atoms with Crippen LogP contribution in [0.25, 0.3) is 0 Å². The number of methoxy groups -OCH3 is 1. The molecule has 0 radical (unpaired) electrons. The fourth-order valence-electron chi connectivity index (χ4n) is 1.78. The summed E-state index contributed by atoms with van der Waals surface area (Å²) in [7, 11) is 1.68. The van der Waals surface area contributed by atoms with Gasteiger partial charge in [-0.2, -0.15) is 0 Å². The summed E-state index contributed by atoms with van der Waals surface area (Å²) < 4.78 is 16.6. The van der Waals surface area contributed by atoms with E-state index in [9.17, 15) is 0 Å². The van der Waals surface area contributed by atoms with E-state index in [4.69, 9.17) is 14.2 Å². The second-order valence-electron chi connectivity index (χ2n) is 4.33. The highest BCUT2D eigenvalue weighted by Crippen LogP contribution is 2.28. The van der Waals surface area contributed by atoms with E-state index in [1.54, 1.807) is 7.11 Å². The maximum Gasteiger partial charge on any atom is 0.183 e. The van der Waals surface area contributed by atoms with Gasteiger partial charge >= 0.3 is 0 Å². The first kappa shape index (κ1) is 18.9. The van der Waals surface area contributed by atoms with Crippen LogP contribution in [0.15, 0.2) is 18.2 Å². The maximum absolute atomic E-state index is 5.64. The highest BCUT2D eigenvalue weighted by Gasteiger charge is 2.21. The van der Waals surface area contributed by atoms with Crippen molar-refractivity contribution in [2.75, 3.05) is 20.3 Å². The molecule has 2 rings (SSSR count). The van der Waals surface area contributed by atoms with Gasteiger partial charge in [0, 0.05) is 11.5 Å². The number of aryl methyl sites for hydroxylation is 1. The standard InChI is InChI=1S/C13H18O3.2C2H6/c1-9-7-15-13(16-8-9)11-5-4-10(2)12(6-11)14-3;2*1-2/h4-6,9,13H,7-8H2,1-3H3;2*1-2H3. The summed E-state index contributed by atoms with van der Waals surface area (Å²) in [6.45, 7) is 13.6. The van der Waals surface area contributed by atoms with Crippen molar-refractivity contribution in [1.29, 1.82) is 0 Å². The predicted octanol–water partition coefficient (Wildman–Crippen LogP) is 4.74. The summed E-state index contributed by atoms with van der Waals surface area (Å²) >= 11 is 0. The molecular formula is C17H30O3. The third-order valence-corrected chi connectivity index (χ3v) is 2.77. The first-order valence-electron chi connectivity index (χ1n) is 7.58. The second kappa shape index (κ2) is 10.7. The van der Waals surface area contributed by atoms with Gasteiger partial charge < -0.3 is 14.2 Å². The zero-order valence-corrected chi connectivity index (χ0v) is 14.0. The molecule has 116 valence electrons. The first-order chi connectivity index (χ1) is 9.70. The van der Waals surface area contributed by atoms with Crippen molar-refractivity contribution in [3.63, 3.8) is 0 Å². The van der Waals surface area contributed by atoms with Gasteiger partial charge in [0.05, 0.1) is 20.3 Å². The van der Waals surface area contributed by atoms with Gasteiger partial charge in [0.1, 0.15) is 5.75 Å². The quantitative estimate of drug-likeness (QED) is 0.784. The van der Waals surface area contributed by atoms with Gasteiger partial charge in [0.25, 0.3) is 0 Å². The highest BCUT2D eigenvalue weighted by atomic mass is 16.7. The second-order valence-corrected chi connectivity index (χ2v) is 4.33. The van der Waals surface area contributed by atoms with E-state index in [0.29, 0.717) is 5.92 Å². The van der Waals surface area contributed by atoms with E-state index >= 15 is 0 Å². The van der Waals surface area contributed by atoms with Crippen molar-refractivity contribution in [3.05, 3.63) is 29.3 Å². The van der Waals surface area contributed by atoms with Crippen LogP contribution in [0.5, 0.6) is 5.75 Å². The van der Waals surface area contributed by atoms with Crippen LogP contribution in [-0.2, 0) is 9.47 Å². The Kier molecular flexibility index (Phi) is 10.1. The normalized spacial score (nSPS) is 20.9. The molecule has 0 aromatic heterocycles. The molecule has 1 heterocycles. The molecule has 0 spiro atoms. The molecule has 0 saturated carbocycles. The lowest BCUT2D eigenvalue weighted by Crippen LogP contribution is -2.25. The number of hydrogen-bond acceptors (Lipinski definition) is 3. The lowest BCUT2D eigenvalue weighted by atomic mass is 10.1. The fraction of sp³-hybridized carbons (Fsp3) is 0.647. The minimum atomic E-state index is -0.245. The molecule has 1 fully saturated rings. The van der Waals surface area contributed by atoms with Crippen molar-refractivity contribution in [2.45, 2.75) is 47.8 Å². The van der Waals surface area contributed by atoms with E-state index in [-0.39, 0.29) is 6.29 Å². The van der Waals surface area contributed by atoms with E-state index in [2.05, 4.69) is 6.92 Å². The fourth-order valence-corrected chi connectivity index (χ4v) is 1.78. The lowest BCUT2D eigenvalue weighted by molar-refractivity contribution is -0.202. The van der Waals surface area contributed by atoms with Gasteiger partial charge in [-0.15, -0.1) is 0 Å². The molecule has 1 aromatic carbocycles. The van der Waals surface area contributed by atoms with Crippen LogP contribution in [0, 0.1) is 12.8 Å². The van der Waals surface area contributed by atoms with E-state index in [1.807, 2.05) is 52.8 Å². The molecule has 0 N–H and O–H groups in total. The van der Waals surface area contributed by atoms with Gasteiger partial charge in [-0.3, -0.25) is 0 Å². The summed E-state index contributed by atoms with van der Waals surface area (Å²) in [5.74, 6) is 1.35. The smallest absolute Gasteiger partial charge is 0.183 e. The summed E-state index contributed by atoms with van der Waals surface area (Å²) in [5, 5.41) is 0. The number of ether oxygens (including phenoxy) is 3. The lowest BCUT2D eigenvalue weighted by Gasteiger charge is -2.27. The van der Waals surface area contributed by atoms with Gasteiger partial charge in [-0.05, 0) is 18.6 Å². The van der Waals surface area contributed by atoms with Crippen molar-refractivity contribution < 1.29 is 14.2 Å². The molecule has 0 amide bonds. The minimum absolute atomic E-state index is 0.245. The summed E-state index contributed by atoms with van der Waals surface area (Å²) in [5.41, 5.74) is 2.14. The average molecular weight is 282 g/mol. The molecule has 1 aliphatic rings. The average Bonchev–Trinajstić information content (AvgIpc) is 2.53. The molecule has 3 nitrogen and oxygen atoms in total. The Balaban J connectivity index is 0.000000829. The SMILES string of the molecule is CC.CC.COc1cc(C2OCC(C)CO2)ccc1C. The Bertz CT molecular complexity index is 355.